The van der Waals surface area contributed by atoms with Gasteiger partial charge in [-0.05, 0) is 30.3 Å². The molecule has 0 fully saturated rings. The van der Waals surface area contributed by atoms with Crippen molar-refractivity contribution in [1.82, 2.24) is 0 Å². The van der Waals surface area contributed by atoms with Gasteiger partial charge in [0.1, 0.15) is 10.5 Å². The van der Waals surface area contributed by atoms with E-state index in [0.717, 1.165) is 4.31 Å². The summed E-state index contributed by atoms with van der Waals surface area (Å²) in [6.07, 6.45) is 0. The lowest BCUT2D eigenvalue weighted by atomic mass is 10.2. The molecule has 1 aromatic heterocycles. The fraction of sp³-hybridized carbons (Fsp3) is 0. The number of para-hydroxylation sites is 2. The number of hydrogen-bond donors (Lipinski definition) is 1. The standard InChI is InChI=1S/C20H16N2O5S2/c21-28(23,24)19-13-7-5-11-17(19)22(29(25,26)16-9-2-1-3-10-16)20-14-15-8-4-6-12-18(15)27-20/h1-14H,(H2,21,23,24). The van der Waals surface area contributed by atoms with Crippen molar-refractivity contribution in [1.29, 1.82) is 0 Å². The average molecular weight is 428 g/mol. The van der Waals surface area contributed by atoms with Crippen molar-refractivity contribution < 1.29 is 21.3 Å². The highest BCUT2D eigenvalue weighted by molar-refractivity contribution is 7.93. The smallest absolute Gasteiger partial charge is 0.271 e. The molecule has 0 amide bonds. The summed E-state index contributed by atoms with van der Waals surface area (Å²) in [6, 6.07) is 21.8. The molecule has 9 heteroatoms. The molecule has 0 atom stereocenters. The Hall–Kier alpha value is -3.14. The maximum absolute atomic E-state index is 13.5. The second kappa shape index (κ2) is 7.03. The average Bonchev–Trinajstić information content (AvgIpc) is 3.11. The first-order valence-corrected chi connectivity index (χ1v) is 11.5. The van der Waals surface area contributed by atoms with Crippen LogP contribution in [0.15, 0.2) is 99.1 Å². The largest absolute Gasteiger partial charge is 0.439 e. The predicted molar refractivity (Wildman–Crippen MR) is 110 cm³/mol. The molecule has 7 nitrogen and oxygen atoms in total. The molecule has 1 heterocycles. The molecule has 4 rings (SSSR count). The number of furan rings is 1. The molecule has 2 N–H and O–H groups in total. The van der Waals surface area contributed by atoms with Gasteiger partial charge in [-0.1, -0.05) is 48.5 Å². The molecular weight excluding hydrogens is 412 g/mol. The molecule has 29 heavy (non-hydrogen) atoms. The summed E-state index contributed by atoms with van der Waals surface area (Å²) < 4.78 is 58.0. The summed E-state index contributed by atoms with van der Waals surface area (Å²) in [5, 5.41) is 6.02. The van der Waals surface area contributed by atoms with E-state index >= 15 is 0 Å². The third kappa shape index (κ3) is 3.51. The van der Waals surface area contributed by atoms with Gasteiger partial charge in [0.2, 0.25) is 15.9 Å². The van der Waals surface area contributed by atoms with Crippen LogP contribution in [0.3, 0.4) is 0 Å². The van der Waals surface area contributed by atoms with Crippen molar-refractivity contribution in [2.45, 2.75) is 9.79 Å². The summed E-state index contributed by atoms with van der Waals surface area (Å²) in [5.74, 6) is -0.0499. The van der Waals surface area contributed by atoms with Crippen LogP contribution in [0.2, 0.25) is 0 Å². The Bertz CT molecular complexity index is 1360. The van der Waals surface area contributed by atoms with E-state index in [0.29, 0.717) is 11.0 Å². The molecule has 0 unspecified atom stereocenters. The summed E-state index contributed by atoms with van der Waals surface area (Å²) in [5.41, 5.74) is 0.335. The van der Waals surface area contributed by atoms with Crippen molar-refractivity contribution in [3.63, 3.8) is 0 Å². The Morgan fingerprint density at radius 2 is 1.38 bits per heavy atom. The van der Waals surface area contributed by atoms with E-state index in [4.69, 9.17) is 9.56 Å². The van der Waals surface area contributed by atoms with Gasteiger partial charge in [-0.25, -0.2) is 26.3 Å². The van der Waals surface area contributed by atoms with Gasteiger partial charge in [-0.2, -0.15) is 0 Å². The lowest BCUT2D eigenvalue weighted by Gasteiger charge is -2.23. The zero-order valence-electron chi connectivity index (χ0n) is 15.0. The summed E-state index contributed by atoms with van der Waals surface area (Å²) in [7, 11) is -8.42. The van der Waals surface area contributed by atoms with Crippen LogP contribution in [0, 0.1) is 0 Å². The minimum absolute atomic E-state index is 0.0234. The molecule has 0 radical (unpaired) electrons. The number of sulfonamides is 2. The first-order chi connectivity index (χ1) is 13.8. The molecule has 0 spiro atoms. The SMILES string of the molecule is NS(=O)(=O)c1ccccc1N(c1cc2ccccc2o1)S(=O)(=O)c1ccccc1. The Balaban J connectivity index is 2.04. The van der Waals surface area contributed by atoms with Crippen LogP contribution in [-0.4, -0.2) is 16.8 Å². The Kier molecular flexibility index (Phi) is 4.65. The monoisotopic (exact) mass is 428 g/mol. The lowest BCUT2D eigenvalue weighted by molar-refractivity contribution is 0.582. The molecular formula is C20H16N2O5S2. The molecule has 0 aliphatic rings. The van der Waals surface area contributed by atoms with Gasteiger partial charge in [0.15, 0.2) is 0 Å². The quantitative estimate of drug-likeness (QED) is 0.522. The normalized spacial score (nSPS) is 12.2. The number of benzene rings is 3. The van der Waals surface area contributed by atoms with E-state index in [1.54, 1.807) is 42.5 Å². The number of hydrogen-bond acceptors (Lipinski definition) is 5. The van der Waals surface area contributed by atoms with Crippen LogP contribution < -0.4 is 9.44 Å². The number of rotatable bonds is 5. The topological polar surface area (TPSA) is 111 Å². The van der Waals surface area contributed by atoms with Crippen LogP contribution in [0.4, 0.5) is 11.6 Å². The predicted octanol–water partition coefficient (Wildman–Crippen LogP) is 3.61. The third-order valence-corrected chi connectivity index (χ3v) is 6.97. The minimum atomic E-state index is -4.22. The van der Waals surface area contributed by atoms with E-state index in [1.807, 2.05) is 0 Å². The van der Waals surface area contributed by atoms with E-state index < -0.39 is 20.0 Å². The van der Waals surface area contributed by atoms with Crippen molar-refractivity contribution >= 4 is 42.6 Å². The maximum atomic E-state index is 13.5. The number of anilines is 2. The molecule has 0 bridgehead atoms. The van der Waals surface area contributed by atoms with Crippen LogP contribution in [-0.2, 0) is 20.0 Å². The van der Waals surface area contributed by atoms with Crippen molar-refractivity contribution in [3.05, 3.63) is 84.9 Å². The van der Waals surface area contributed by atoms with Gasteiger partial charge in [0.05, 0.1) is 10.6 Å². The minimum Gasteiger partial charge on any atom is -0.439 e. The van der Waals surface area contributed by atoms with Gasteiger partial charge in [-0.3, -0.25) is 0 Å². The fourth-order valence-corrected chi connectivity index (χ4v) is 5.23. The molecule has 0 saturated carbocycles. The van der Waals surface area contributed by atoms with Crippen LogP contribution in [0.25, 0.3) is 11.0 Å². The lowest BCUT2D eigenvalue weighted by Crippen LogP contribution is -2.28. The number of nitrogens with zero attached hydrogens (tertiary/aromatic N) is 1. The third-order valence-electron chi connectivity index (χ3n) is 4.28. The van der Waals surface area contributed by atoms with Crippen LogP contribution in [0.5, 0.6) is 0 Å². The molecule has 0 saturated heterocycles. The van der Waals surface area contributed by atoms with Gasteiger partial charge in [0, 0.05) is 11.5 Å². The van der Waals surface area contributed by atoms with Gasteiger partial charge < -0.3 is 4.42 Å². The van der Waals surface area contributed by atoms with Crippen molar-refractivity contribution in [3.8, 4) is 0 Å². The van der Waals surface area contributed by atoms with Gasteiger partial charge in [0.25, 0.3) is 10.0 Å². The number of primary sulfonamides is 1. The highest BCUT2D eigenvalue weighted by Gasteiger charge is 2.33. The first-order valence-electron chi connectivity index (χ1n) is 8.49. The van der Waals surface area contributed by atoms with Gasteiger partial charge in [-0.15, -0.1) is 0 Å². The summed E-state index contributed by atoms with van der Waals surface area (Å²) in [6.45, 7) is 0. The number of nitrogens with two attached hydrogens (primary N) is 1. The maximum Gasteiger partial charge on any atom is 0.271 e. The highest BCUT2D eigenvalue weighted by Crippen LogP contribution is 2.38. The van der Waals surface area contributed by atoms with E-state index in [1.165, 1.54) is 42.5 Å². The molecule has 0 aliphatic heterocycles. The molecule has 3 aromatic carbocycles. The zero-order valence-corrected chi connectivity index (χ0v) is 16.6. The Labute approximate surface area is 168 Å². The van der Waals surface area contributed by atoms with Crippen LogP contribution >= 0.6 is 0 Å². The first kappa shape index (κ1) is 19.2. The zero-order chi connectivity index (χ0) is 20.6. The van der Waals surface area contributed by atoms with Gasteiger partial charge >= 0.3 is 0 Å². The number of fused-ring (bicyclic) bond motifs is 1. The summed E-state index contributed by atoms with van der Waals surface area (Å²) >= 11 is 0. The molecule has 0 aliphatic carbocycles. The fourth-order valence-electron chi connectivity index (χ4n) is 3.00. The Morgan fingerprint density at radius 3 is 2.07 bits per heavy atom. The van der Waals surface area contributed by atoms with E-state index in [9.17, 15) is 16.8 Å². The Morgan fingerprint density at radius 1 is 0.759 bits per heavy atom. The second-order valence-electron chi connectivity index (χ2n) is 6.22. The van der Waals surface area contributed by atoms with E-state index in [2.05, 4.69) is 0 Å². The highest BCUT2D eigenvalue weighted by atomic mass is 32.2. The summed E-state index contributed by atoms with van der Waals surface area (Å²) in [4.78, 5) is -0.357. The molecule has 148 valence electrons. The van der Waals surface area contributed by atoms with Crippen LogP contribution in [0.1, 0.15) is 0 Å². The van der Waals surface area contributed by atoms with Crippen molar-refractivity contribution in [2.24, 2.45) is 5.14 Å². The molecule has 4 aromatic rings. The van der Waals surface area contributed by atoms with Crippen molar-refractivity contribution in [2.75, 3.05) is 4.31 Å². The van der Waals surface area contributed by atoms with E-state index in [-0.39, 0.29) is 21.4 Å². The second-order valence-corrected chi connectivity index (χ2v) is 9.53.